The predicted molar refractivity (Wildman–Crippen MR) is 105 cm³/mol. The average Bonchev–Trinajstić information content (AvgIpc) is 3.28. The fraction of sp³-hybridized carbons (Fsp3) is 0.0500. The van der Waals surface area contributed by atoms with Crippen molar-refractivity contribution in [2.45, 2.75) is 11.4 Å². The van der Waals surface area contributed by atoms with Crippen LogP contribution in [0.1, 0.15) is 5.56 Å². The van der Waals surface area contributed by atoms with Crippen molar-refractivity contribution in [3.8, 4) is 16.9 Å². The van der Waals surface area contributed by atoms with Crippen LogP contribution in [0.3, 0.4) is 0 Å². The highest BCUT2D eigenvalue weighted by molar-refractivity contribution is 7.89. The summed E-state index contributed by atoms with van der Waals surface area (Å²) >= 11 is 0. The van der Waals surface area contributed by atoms with Gasteiger partial charge in [0.15, 0.2) is 0 Å². The third-order valence-corrected chi connectivity index (χ3v) is 5.63. The molecule has 1 aromatic carbocycles. The Hall–Kier alpha value is -3.36. The lowest BCUT2D eigenvalue weighted by Crippen LogP contribution is -2.23. The molecule has 0 bridgehead atoms. The molecule has 0 aliphatic heterocycles. The first-order valence-electron chi connectivity index (χ1n) is 8.57. The zero-order chi connectivity index (χ0) is 19.4. The van der Waals surface area contributed by atoms with Gasteiger partial charge < -0.3 is 0 Å². The molecule has 0 spiro atoms. The summed E-state index contributed by atoms with van der Waals surface area (Å²) in [5.41, 5.74) is 3.18. The summed E-state index contributed by atoms with van der Waals surface area (Å²) in [6, 6.07) is 15.7. The second kappa shape index (κ2) is 7.71. The number of pyridine rings is 2. The van der Waals surface area contributed by atoms with Gasteiger partial charge in [0, 0.05) is 43.1 Å². The van der Waals surface area contributed by atoms with Gasteiger partial charge in [0.1, 0.15) is 0 Å². The van der Waals surface area contributed by atoms with Crippen LogP contribution in [-0.4, -0.2) is 28.2 Å². The Balaban J connectivity index is 1.54. The van der Waals surface area contributed by atoms with Crippen molar-refractivity contribution in [2.24, 2.45) is 0 Å². The van der Waals surface area contributed by atoms with Gasteiger partial charge >= 0.3 is 0 Å². The summed E-state index contributed by atoms with van der Waals surface area (Å²) in [6.45, 7) is 0.134. The Morgan fingerprint density at radius 3 is 2.39 bits per heavy atom. The van der Waals surface area contributed by atoms with Crippen molar-refractivity contribution in [3.05, 3.63) is 91.1 Å². The number of hydrogen-bond acceptors (Lipinski definition) is 5. The normalized spacial score (nSPS) is 11.4. The molecule has 0 atom stereocenters. The van der Waals surface area contributed by atoms with Crippen LogP contribution in [0.15, 0.2) is 90.5 Å². The van der Waals surface area contributed by atoms with Crippen molar-refractivity contribution in [1.29, 1.82) is 0 Å². The summed E-state index contributed by atoms with van der Waals surface area (Å²) in [4.78, 5) is 8.59. The minimum atomic E-state index is -3.66. The van der Waals surface area contributed by atoms with Gasteiger partial charge in [-0.05, 0) is 54.1 Å². The van der Waals surface area contributed by atoms with Crippen molar-refractivity contribution in [1.82, 2.24) is 24.5 Å². The average molecular weight is 391 g/mol. The van der Waals surface area contributed by atoms with E-state index >= 15 is 0 Å². The van der Waals surface area contributed by atoms with Crippen LogP contribution in [0.4, 0.5) is 0 Å². The molecular weight excluding hydrogens is 374 g/mol. The van der Waals surface area contributed by atoms with Gasteiger partial charge in [-0.1, -0.05) is 6.07 Å². The molecule has 0 aliphatic rings. The fourth-order valence-corrected chi connectivity index (χ4v) is 3.81. The highest BCUT2D eigenvalue weighted by atomic mass is 32.2. The molecule has 0 aliphatic carbocycles. The van der Waals surface area contributed by atoms with Crippen molar-refractivity contribution in [3.63, 3.8) is 0 Å². The number of hydrogen-bond donors (Lipinski definition) is 1. The Morgan fingerprint density at radius 1 is 0.893 bits per heavy atom. The highest BCUT2D eigenvalue weighted by Gasteiger charge is 2.15. The van der Waals surface area contributed by atoms with Gasteiger partial charge in [0.25, 0.3) is 0 Å². The standard InChI is InChI=1S/C20H17N5O2S/c26-28(27,19-6-4-18(5-7-19)25-14-2-11-23-25)24-15-17-3-1-10-22-20(17)16-8-12-21-13-9-16/h1-14,24H,15H2. The Bertz CT molecular complexity index is 1160. The van der Waals surface area contributed by atoms with Crippen LogP contribution in [-0.2, 0) is 16.6 Å². The summed E-state index contributed by atoms with van der Waals surface area (Å²) in [7, 11) is -3.66. The number of rotatable bonds is 6. The first kappa shape index (κ1) is 18.0. The van der Waals surface area contributed by atoms with Gasteiger partial charge in [0.05, 0.1) is 16.3 Å². The smallest absolute Gasteiger partial charge is 0.240 e. The molecule has 0 unspecified atom stereocenters. The monoisotopic (exact) mass is 391 g/mol. The highest BCUT2D eigenvalue weighted by Crippen LogP contribution is 2.21. The molecular formula is C20H17N5O2S. The Kier molecular flexibility index (Phi) is 4.96. The maximum atomic E-state index is 12.7. The van der Waals surface area contributed by atoms with E-state index in [0.717, 1.165) is 22.5 Å². The minimum Gasteiger partial charge on any atom is -0.265 e. The molecule has 140 valence electrons. The van der Waals surface area contributed by atoms with Gasteiger partial charge in [-0.2, -0.15) is 5.10 Å². The second-order valence-electron chi connectivity index (χ2n) is 6.02. The fourth-order valence-electron chi connectivity index (χ4n) is 2.81. The lowest BCUT2D eigenvalue weighted by Gasteiger charge is -2.11. The maximum Gasteiger partial charge on any atom is 0.240 e. The van der Waals surface area contributed by atoms with Crippen LogP contribution in [0.5, 0.6) is 0 Å². The topological polar surface area (TPSA) is 89.8 Å². The Labute approximate surface area is 162 Å². The molecule has 3 heterocycles. The summed E-state index contributed by atoms with van der Waals surface area (Å²) in [6.07, 6.45) is 8.51. The van der Waals surface area contributed by atoms with E-state index in [9.17, 15) is 8.42 Å². The number of benzene rings is 1. The number of nitrogens with zero attached hydrogens (tertiary/aromatic N) is 4. The van der Waals surface area contributed by atoms with E-state index in [1.54, 1.807) is 72.1 Å². The van der Waals surface area contributed by atoms with Crippen molar-refractivity contribution >= 4 is 10.0 Å². The largest absolute Gasteiger partial charge is 0.265 e. The molecule has 0 saturated carbocycles. The molecule has 3 aromatic heterocycles. The second-order valence-corrected chi connectivity index (χ2v) is 7.78. The number of aromatic nitrogens is 4. The summed E-state index contributed by atoms with van der Waals surface area (Å²) in [5.74, 6) is 0. The van der Waals surface area contributed by atoms with E-state index < -0.39 is 10.0 Å². The molecule has 0 amide bonds. The molecule has 28 heavy (non-hydrogen) atoms. The molecule has 4 rings (SSSR count). The van der Waals surface area contributed by atoms with Gasteiger partial charge in [-0.3, -0.25) is 9.97 Å². The van der Waals surface area contributed by atoms with Crippen LogP contribution in [0.2, 0.25) is 0 Å². The van der Waals surface area contributed by atoms with Crippen LogP contribution >= 0.6 is 0 Å². The van der Waals surface area contributed by atoms with E-state index in [1.165, 1.54) is 0 Å². The first-order valence-corrected chi connectivity index (χ1v) is 10.1. The molecule has 7 nitrogen and oxygen atoms in total. The third-order valence-electron chi connectivity index (χ3n) is 4.21. The van der Waals surface area contributed by atoms with E-state index in [0.29, 0.717) is 0 Å². The molecule has 1 N–H and O–H groups in total. The van der Waals surface area contributed by atoms with Crippen molar-refractivity contribution in [2.75, 3.05) is 0 Å². The maximum absolute atomic E-state index is 12.7. The minimum absolute atomic E-state index is 0.134. The van der Waals surface area contributed by atoms with Gasteiger partial charge in [-0.25, -0.2) is 17.8 Å². The SMILES string of the molecule is O=S(=O)(NCc1cccnc1-c1ccncc1)c1ccc(-n2cccn2)cc1. The van der Waals surface area contributed by atoms with Crippen LogP contribution in [0.25, 0.3) is 16.9 Å². The zero-order valence-electron chi connectivity index (χ0n) is 14.8. The van der Waals surface area contributed by atoms with Crippen LogP contribution in [0, 0.1) is 0 Å². The summed E-state index contributed by atoms with van der Waals surface area (Å²) < 4.78 is 29.7. The number of nitrogens with one attached hydrogen (secondary N) is 1. The quantitative estimate of drug-likeness (QED) is 0.546. The molecule has 8 heteroatoms. The molecule has 0 radical (unpaired) electrons. The van der Waals surface area contributed by atoms with E-state index in [1.807, 2.05) is 18.2 Å². The number of sulfonamides is 1. The molecule has 0 saturated heterocycles. The van der Waals surface area contributed by atoms with Crippen molar-refractivity contribution < 1.29 is 8.42 Å². The van der Waals surface area contributed by atoms with E-state index in [2.05, 4.69) is 19.8 Å². The lowest BCUT2D eigenvalue weighted by molar-refractivity contribution is 0.581. The lowest BCUT2D eigenvalue weighted by atomic mass is 10.1. The Morgan fingerprint density at radius 2 is 1.68 bits per heavy atom. The molecule has 4 aromatic rings. The predicted octanol–water partition coefficient (Wildman–Crippen LogP) is 2.81. The first-order chi connectivity index (χ1) is 13.6. The van der Waals surface area contributed by atoms with Crippen LogP contribution < -0.4 is 4.72 Å². The third kappa shape index (κ3) is 3.83. The van der Waals surface area contributed by atoms with E-state index in [-0.39, 0.29) is 11.4 Å². The van der Waals surface area contributed by atoms with Gasteiger partial charge in [0.2, 0.25) is 10.0 Å². The van der Waals surface area contributed by atoms with Gasteiger partial charge in [-0.15, -0.1) is 0 Å². The van der Waals surface area contributed by atoms with E-state index in [4.69, 9.17) is 0 Å². The molecule has 0 fully saturated rings. The zero-order valence-corrected chi connectivity index (χ0v) is 15.6. The summed E-state index contributed by atoms with van der Waals surface area (Å²) in [5, 5.41) is 4.13.